The molecule has 1 unspecified atom stereocenters. The first-order valence-electron chi connectivity index (χ1n) is 5.79. The molecule has 0 radical (unpaired) electrons. The molecule has 2 aromatic rings. The zero-order chi connectivity index (χ0) is 12.0. The van der Waals surface area contributed by atoms with E-state index in [2.05, 4.69) is 16.9 Å². The molecule has 17 heavy (non-hydrogen) atoms. The lowest BCUT2D eigenvalue weighted by Crippen LogP contribution is -2.13. The fourth-order valence-electron chi connectivity index (χ4n) is 2.70. The largest absolute Gasteiger partial charge is 0.359 e. The summed E-state index contributed by atoms with van der Waals surface area (Å²) in [5.41, 5.74) is 1.44. The van der Waals surface area contributed by atoms with Gasteiger partial charge in [0.15, 0.2) is 0 Å². The molecule has 0 bridgehead atoms. The van der Waals surface area contributed by atoms with Gasteiger partial charge in [-0.15, -0.1) is 0 Å². The van der Waals surface area contributed by atoms with Crippen LogP contribution in [0.25, 0.3) is 10.9 Å². The van der Waals surface area contributed by atoms with Crippen molar-refractivity contribution in [2.24, 2.45) is 0 Å². The lowest BCUT2D eigenvalue weighted by atomic mass is 9.98. The van der Waals surface area contributed by atoms with Crippen molar-refractivity contribution in [3.63, 3.8) is 0 Å². The molecule has 1 aromatic carbocycles. The predicted molar refractivity (Wildman–Crippen MR) is 63.1 cm³/mol. The molecule has 0 aliphatic carbocycles. The number of likely N-dealkylation sites (tertiary alicyclic amines) is 1. The summed E-state index contributed by atoms with van der Waals surface area (Å²) in [6.45, 7) is 1.99. The summed E-state index contributed by atoms with van der Waals surface area (Å²) in [5.74, 6) is -0.658. The molecule has 0 amide bonds. The van der Waals surface area contributed by atoms with Crippen molar-refractivity contribution in [1.82, 2.24) is 9.88 Å². The van der Waals surface area contributed by atoms with Crippen LogP contribution in [-0.4, -0.2) is 30.0 Å². The van der Waals surface area contributed by atoms with Crippen LogP contribution < -0.4 is 0 Å². The van der Waals surface area contributed by atoms with E-state index < -0.39 is 11.6 Å². The molecule has 1 saturated heterocycles. The van der Waals surface area contributed by atoms with Crippen LogP contribution in [0.4, 0.5) is 8.78 Å². The van der Waals surface area contributed by atoms with Crippen molar-refractivity contribution < 1.29 is 8.78 Å². The molecule has 0 spiro atoms. The zero-order valence-electron chi connectivity index (χ0n) is 9.63. The molecule has 2 heterocycles. The van der Waals surface area contributed by atoms with Crippen LogP contribution in [-0.2, 0) is 0 Å². The smallest absolute Gasteiger partial charge is 0.150 e. The second-order valence-electron chi connectivity index (χ2n) is 4.80. The van der Waals surface area contributed by atoms with E-state index >= 15 is 0 Å². The maximum atomic E-state index is 13.5. The van der Waals surface area contributed by atoms with Gasteiger partial charge in [0.1, 0.15) is 11.6 Å². The molecule has 2 nitrogen and oxygen atoms in total. The van der Waals surface area contributed by atoms with Gasteiger partial charge in [-0.3, -0.25) is 0 Å². The van der Waals surface area contributed by atoms with Crippen molar-refractivity contribution >= 4 is 10.9 Å². The van der Waals surface area contributed by atoms with Crippen molar-refractivity contribution in [3.8, 4) is 0 Å². The average Bonchev–Trinajstić information content (AvgIpc) is 2.83. The van der Waals surface area contributed by atoms with Crippen LogP contribution in [0.5, 0.6) is 0 Å². The first kappa shape index (κ1) is 10.7. The highest BCUT2D eigenvalue weighted by Crippen LogP contribution is 2.33. The molecule has 1 aromatic heterocycles. The topological polar surface area (TPSA) is 19.0 Å². The number of hydrogen-bond acceptors (Lipinski definition) is 1. The van der Waals surface area contributed by atoms with Crippen LogP contribution in [0.3, 0.4) is 0 Å². The number of nitrogens with one attached hydrogen (secondary N) is 1. The number of hydrogen-bond donors (Lipinski definition) is 1. The maximum absolute atomic E-state index is 13.5. The van der Waals surface area contributed by atoms with Gasteiger partial charge < -0.3 is 9.88 Å². The molecular formula is C13H14F2N2. The number of benzene rings is 1. The van der Waals surface area contributed by atoms with E-state index in [1.807, 2.05) is 6.20 Å². The Hall–Kier alpha value is -1.42. The van der Waals surface area contributed by atoms with Crippen LogP contribution in [0.2, 0.25) is 0 Å². The molecule has 1 atom stereocenters. The second kappa shape index (κ2) is 3.81. The monoisotopic (exact) mass is 236 g/mol. The number of aromatic nitrogens is 1. The number of halogens is 2. The van der Waals surface area contributed by atoms with Crippen molar-refractivity contribution in [2.75, 3.05) is 20.1 Å². The van der Waals surface area contributed by atoms with Crippen LogP contribution >= 0.6 is 0 Å². The number of H-pyrrole nitrogens is 1. The number of likely N-dealkylation sites (N-methyl/N-ethyl adjacent to an activating group) is 1. The number of fused-ring (bicyclic) bond motifs is 1. The molecular weight excluding hydrogens is 222 g/mol. The molecule has 1 aliphatic rings. The third-order valence-electron chi connectivity index (χ3n) is 3.57. The van der Waals surface area contributed by atoms with Crippen molar-refractivity contribution in [3.05, 3.63) is 35.5 Å². The molecule has 4 heteroatoms. The highest BCUT2D eigenvalue weighted by molar-refractivity contribution is 5.84. The van der Waals surface area contributed by atoms with Gasteiger partial charge in [-0.05, 0) is 37.6 Å². The molecule has 1 N–H and O–H groups in total. The van der Waals surface area contributed by atoms with Gasteiger partial charge in [-0.1, -0.05) is 0 Å². The van der Waals surface area contributed by atoms with Gasteiger partial charge in [0.2, 0.25) is 0 Å². The number of rotatable bonds is 1. The van der Waals surface area contributed by atoms with Gasteiger partial charge in [0, 0.05) is 24.2 Å². The van der Waals surface area contributed by atoms with E-state index in [4.69, 9.17) is 0 Å². The summed E-state index contributed by atoms with van der Waals surface area (Å²) in [6, 6.07) is 2.34. The lowest BCUT2D eigenvalue weighted by molar-refractivity contribution is 0.412. The van der Waals surface area contributed by atoms with E-state index in [1.54, 1.807) is 0 Å². The molecule has 1 aliphatic heterocycles. The number of nitrogens with zero attached hydrogens (tertiary/aromatic N) is 1. The van der Waals surface area contributed by atoms with Gasteiger partial charge in [0.25, 0.3) is 0 Å². The quantitative estimate of drug-likeness (QED) is 0.806. The fourth-order valence-corrected chi connectivity index (χ4v) is 2.70. The minimum absolute atomic E-state index is 0.370. The Morgan fingerprint density at radius 1 is 1.35 bits per heavy atom. The Labute approximate surface area is 98.2 Å². The summed E-state index contributed by atoms with van der Waals surface area (Å²) >= 11 is 0. The SMILES string of the molecule is CN1CCC(c2c[nH]c3c(F)cc(F)cc23)C1. The Balaban J connectivity index is 2.11. The zero-order valence-corrected chi connectivity index (χ0v) is 9.63. The first-order valence-corrected chi connectivity index (χ1v) is 5.79. The molecule has 3 rings (SSSR count). The first-order chi connectivity index (χ1) is 8.15. The van der Waals surface area contributed by atoms with Crippen molar-refractivity contribution in [2.45, 2.75) is 12.3 Å². The second-order valence-corrected chi connectivity index (χ2v) is 4.80. The van der Waals surface area contributed by atoms with Crippen LogP contribution in [0, 0.1) is 11.6 Å². The van der Waals surface area contributed by atoms with E-state index in [9.17, 15) is 8.78 Å². The highest BCUT2D eigenvalue weighted by atomic mass is 19.1. The van der Waals surface area contributed by atoms with Crippen LogP contribution in [0.1, 0.15) is 17.9 Å². The van der Waals surface area contributed by atoms with E-state index in [0.29, 0.717) is 16.8 Å². The van der Waals surface area contributed by atoms with Crippen LogP contribution in [0.15, 0.2) is 18.3 Å². The summed E-state index contributed by atoms with van der Waals surface area (Å²) in [4.78, 5) is 5.15. The van der Waals surface area contributed by atoms with Gasteiger partial charge in [-0.25, -0.2) is 8.78 Å². The summed E-state index contributed by atoms with van der Waals surface area (Å²) in [7, 11) is 2.07. The molecule has 0 saturated carbocycles. The molecule has 90 valence electrons. The Kier molecular flexibility index (Phi) is 2.40. The standard InChI is InChI=1S/C13H14F2N2/c1-17-3-2-8(7-17)11-6-16-13-10(11)4-9(14)5-12(13)15/h4-6,8,16H,2-3,7H2,1H3. The van der Waals surface area contributed by atoms with E-state index in [1.165, 1.54) is 6.07 Å². The fraction of sp³-hybridized carbons (Fsp3) is 0.385. The molecule has 1 fully saturated rings. The lowest BCUT2D eigenvalue weighted by Gasteiger charge is -2.09. The maximum Gasteiger partial charge on any atom is 0.150 e. The van der Waals surface area contributed by atoms with Gasteiger partial charge >= 0.3 is 0 Å². The summed E-state index contributed by atoms with van der Waals surface area (Å²) < 4.78 is 26.8. The Bertz CT molecular complexity index is 562. The van der Waals surface area contributed by atoms with E-state index in [-0.39, 0.29) is 0 Å². The Morgan fingerprint density at radius 2 is 2.18 bits per heavy atom. The predicted octanol–water partition coefficient (Wildman–Crippen LogP) is 2.87. The summed E-state index contributed by atoms with van der Waals surface area (Å²) in [5, 5.41) is 0.683. The van der Waals surface area contributed by atoms with Gasteiger partial charge in [0.05, 0.1) is 5.52 Å². The minimum Gasteiger partial charge on any atom is -0.359 e. The normalized spacial score (nSPS) is 21.5. The van der Waals surface area contributed by atoms with Crippen molar-refractivity contribution in [1.29, 1.82) is 0 Å². The Morgan fingerprint density at radius 3 is 2.88 bits per heavy atom. The van der Waals surface area contributed by atoms with E-state index in [0.717, 1.165) is 31.1 Å². The minimum atomic E-state index is -0.516. The van der Waals surface area contributed by atoms with Gasteiger partial charge in [-0.2, -0.15) is 0 Å². The third kappa shape index (κ3) is 1.72. The summed E-state index contributed by atoms with van der Waals surface area (Å²) in [6.07, 6.45) is 2.86. The number of aromatic amines is 1. The average molecular weight is 236 g/mol. The highest BCUT2D eigenvalue weighted by Gasteiger charge is 2.24. The third-order valence-corrected chi connectivity index (χ3v) is 3.57.